The molecule has 0 radical (unpaired) electrons. The molecule has 0 aliphatic heterocycles. The molecule has 1 aliphatic rings. The van der Waals surface area contributed by atoms with Crippen LogP contribution in [0.4, 0.5) is 0 Å². The van der Waals surface area contributed by atoms with Crippen LogP contribution in [0, 0.1) is 0 Å². The van der Waals surface area contributed by atoms with Crippen LogP contribution in [0.5, 0.6) is 0 Å². The first-order valence-corrected chi connectivity index (χ1v) is 8.22. The highest BCUT2D eigenvalue weighted by Gasteiger charge is 2.33. The number of nitrogens with zero attached hydrogens (tertiary/aromatic N) is 2. The minimum Gasteiger partial charge on any atom is -0.366 e. The third-order valence-corrected chi connectivity index (χ3v) is 4.57. The standard InChI is InChI=1S/C17H15Cl2N3O2/c18-14-7-12(8-21-15(14)19)17(24)22(13-5-6-13)9-10-1-3-11(4-2-10)16(20)23/h1-4,7-8,13H,5-6,9H2,(H2,20,23). The average Bonchev–Trinajstić information content (AvgIpc) is 3.40. The van der Waals surface area contributed by atoms with Crippen molar-refractivity contribution in [2.45, 2.75) is 25.4 Å². The second kappa shape index (κ2) is 6.79. The van der Waals surface area contributed by atoms with Crippen molar-refractivity contribution in [1.29, 1.82) is 0 Å². The van der Waals surface area contributed by atoms with E-state index in [1.807, 2.05) is 0 Å². The summed E-state index contributed by atoms with van der Waals surface area (Å²) in [7, 11) is 0. The number of nitrogens with two attached hydrogens (primary N) is 1. The second-order valence-electron chi connectivity index (χ2n) is 5.72. The third kappa shape index (κ3) is 3.68. The maximum Gasteiger partial charge on any atom is 0.256 e. The normalized spacial score (nSPS) is 13.6. The molecule has 3 rings (SSSR count). The van der Waals surface area contributed by atoms with E-state index in [1.165, 1.54) is 12.3 Å². The summed E-state index contributed by atoms with van der Waals surface area (Å²) >= 11 is 11.8. The van der Waals surface area contributed by atoms with Crippen molar-refractivity contribution in [2.75, 3.05) is 0 Å². The molecule has 2 aromatic rings. The van der Waals surface area contributed by atoms with Gasteiger partial charge in [-0.25, -0.2) is 4.98 Å². The Morgan fingerprint density at radius 1 is 1.17 bits per heavy atom. The van der Waals surface area contributed by atoms with Gasteiger partial charge in [-0.2, -0.15) is 0 Å². The Kier molecular flexibility index (Phi) is 4.73. The van der Waals surface area contributed by atoms with Gasteiger partial charge in [0.15, 0.2) is 0 Å². The molecule has 0 saturated heterocycles. The van der Waals surface area contributed by atoms with Gasteiger partial charge < -0.3 is 10.6 Å². The molecule has 1 fully saturated rings. The molecule has 5 nitrogen and oxygen atoms in total. The summed E-state index contributed by atoms with van der Waals surface area (Å²) in [5.74, 6) is -0.610. The van der Waals surface area contributed by atoms with Gasteiger partial charge in [-0.15, -0.1) is 0 Å². The molecule has 0 bridgehead atoms. The number of carbonyl (C=O) groups is 2. The topological polar surface area (TPSA) is 76.3 Å². The molecule has 1 aromatic heterocycles. The molecule has 0 spiro atoms. The van der Waals surface area contributed by atoms with Gasteiger partial charge in [-0.05, 0) is 36.6 Å². The summed E-state index contributed by atoms with van der Waals surface area (Å²) in [4.78, 5) is 29.6. The zero-order chi connectivity index (χ0) is 17.3. The van der Waals surface area contributed by atoms with Crippen LogP contribution >= 0.6 is 23.2 Å². The fourth-order valence-electron chi connectivity index (χ4n) is 2.43. The van der Waals surface area contributed by atoms with E-state index in [9.17, 15) is 9.59 Å². The molecule has 2 N–H and O–H groups in total. The van der Waals surface area contributed by atoms with Crippen LogP contribution in [0.3, 0.4) is 0 Å². The van der Waals surface area contributed by atoms with Gasteiger partial charge in [0.05, 0.1) is 10.6 Å². The number of halogens is 2. The first-order valence-electron chi connectivity index (χ1n) is 7.46. The predicted octanol–water partition coefficient (Wildman–Crippen LogP) is 3.29. The summed E-state index contributed by atoms with van der Waals surface area (Å²) in [6.07, 6.45) is 3.38. The van der Waals surface area contributed by atoms with E-state index < -0.39 is 5.91 Å². The van der Waals surface area contributed by atoms with Gasteiger partial charge in [0.2, 0.25) is 5.91 Å². The number of carbonyl (C=O) groups excluding carboxylic acids is 2. The van der Waals surface area contributed by atoms with Crippen LogP contribution in [0.1, 0.15) is 39.1 Å². The van der Waals surface area contributed by atoms with Gasteiger partial charge in [0.25, 0.3) is 5.91 Å². The molecule has 7 heteroatoms. The summed E-state index contributed by atoms with van der Waals surface area (Å²) < 4.78 is 0. The Morgan fingerprint density at radius 3 is 2.38 bits per heavy atom. The van der Waals surface area contributed by atoms with Crippen LogP contribution in [0.25, 0.3) is 0 Å². The molecule has 24 heavy (non-hydrogen) atoms. The molecule has 124 valence electrons. The predicted molar refractivity (Wildman–Crippen MR) is 92.1 cm³/mol. The number of pyridine rings is 1. The first kappa shape index (κ1) is 16.7. The van der Waals surface area contributed by atoms with Crippen molar-refractivity contribution < 1.29 is 9.59 Å². The molecular formula is C17H15Cl2N3O2. The Hall–Kier alpha value is -2.11. The minimum atomic E-state index is -0.474. The number of hydrogen-bond donors (Lipinski definition) is 1. The number of benzene rings is 1. The van der Waals surface area contributed by atoms with Crippen LogP contribution in [-0.4, -0.2) is 27.7 Å². The lowest BCUT2D eigenvalue weighted by Crippen LogP contribution is -2.32. The van der Waals surface area contributed by atoms with Crippen LogP contribution < -0.4 is 5.73 Å². The fourth-order valence-corrected chi connectivity index (χ4v) is 2.70. The van der Waals surface area contributed by atoms with Crippen LogP contribution in [0.15, 0.2) is 36.5 Å². The first-order chi connectivity index (χ1) is 11.5. The Balaban J connectivity index is 1.80. The Labute approximate surface area is 149 Å². The lowest BCUT2D eigenvalue weighted by atomic mass is 10.1. The second-order valence-corrected chi connectivity index (χ2v) is 6.49. The highest BCUT2D eigenvalue weighted by Crippen LogP contribution is 2.30. The number of amides is 2. The zero-order valence-corrected chi connectivity index (χ0v) is 14.2. The van der Waals surface area contributed by atoms with E-state index in [1.54, 1.807) is 29.2 Å². The quantitative estimate of drug-likeness (QED) is 0.827. The minimum absolute atomic E-state index is 0.137. The highest BCUT2D eigenvalue weighted by atomic mass is 35.5. The van der Waals surface area contributed by atoms with Gasteiger partial charge >= 0.3 is 0 Å². The van der Waals surface area contributed by atoms with E-state index >= 15 is 0 Å². The Bertz CT molecular complexity index is 789. The number of primary amides is 1. The van der Waals surface area contributed by atoms with Crippen LogP contribution in [-0.2, 0) is 6.54 Å². The fraction of sp³-hybridized carbons (Fsp3) is 0.235. The van der Waals surface area contributed by atoms with E-state index in [-0.39, 0.29) is 22.1 Å². The molecule has 1 saturated carbocycles. The summed E-state index contributed by atoms with van der Waals surface area (Å²) in [5.41, 5.74) is 7.01. The molecule has 1 heterocycles. The molecule has 1 aliphatic carbocycles. The van der Waals surface area contributed by atoms with Gasteiger partial charge in [-0.3, -0.25) is 9.59 Å². The van der Waals surface area contributed by atoms with E-state index in [2.05, 4.69) is 4.98 Å². The largest absolute Gasteiger partial charge is 0.366 e. The molecule has 0 unspecified atom stereocenters. The van der Waals surface area contributed by atoms with Crippen molar-refractivity contribution in [2.24, 2.45) is 5.73 Å². The monoisotopic (exact) mass is 363 g/mol. The zero-order valence-electron chi connectivity index (χ0n) is 12.7. The van der Waals surface area contributed by atoms with Gasteiger partial charge in [-0.1, -0.05) is 35.3 Å². The average molecular weight is 364 g/mol. The van der Waals surface area contributed by atoms with E-state index in [0.717, 1.165) is 18.4 Å². The van der Waals surface area contributed by atoms with Crippen LogP contribution in [0.2, 0.25) is 10.2 Å². The number of hydrogen-bond acceptors (Lipinski definition) is 3. The van der Waals surface area contributed by atoms with Crippen molar-refractivity contribution in [3.8, 4) is 0 Å². The van der Waals surface area contributed by atoms with E-state index in [0.29, 0.717) is 17.7 Å². The molecule has 1 aromatic carbocycles. The SMILES string of the molecule is NC(=O)c1ccc(CN(C(=O)c2cnc(Cl)c(Cl)c2)C2CC2)cc1. The van der Waals surface area contributed by atoms with Crippen molar-refractivity contribution in [3.63, 3.8) is 0 Å². The van der Waals surface area contributed by atoms with Gasteiger partial charge in [0.1, 0.15) is 5.15 Å². The smallest absolute Gasteiger partial charge is 0.256 e. The van der Waals surface area contributed by atoms with Crippen molar-refractivity contribution in [1.82, 2.24) is 9.88 Å². The molecular weight excluding hydrogens is 349 g/mol. The summed E-state index contributed by atoms with van der Waals surface area (Å²) in [6.45, 7) is 0.447. The van der Waals surface area contributed by atoms with Crippen molar-refractivity contribution in [3.05, 3.63) is 63.4 Å². The number of aromatic nitrogens is 1. The molecule has 0 atom stereocenters. The Morgan fingerprint density at radius 2 is 1.83 bits per heavy atom. The highest BCUT2D eigenvalue weighted by molar-refractivity contribution is 6.41. The third-order valence-electron chi connectivity index (χ3n) is 3.88. The summed E-state index contributed by atoms with van der Waals surface area (Å²) in [5, 5.41) is 0.428. The lowest BCUT2D eigenvalue weighted by molar-refractivity contribution is 0.0729. The number of rotatable bonds is 5. The molecule has 2 amide bonds. The maximum atomic E-state index is 12.8. The maximum absolute atomic E-state index is 12.8. The van der Waals surface area contributed by atoms with Crippen molar-refractivity contribution >= 4 is 35.0 Å². The lowest BCUT2D eigenvalue weighted by Gasteiger charge is -2.23. The van der Waals surface area contributed by atoms with E-state index in [4.69, 9.17) is 28.9 Å². The summed E-state index contributed by atoms with van der Waals surface area (Å²) in [6, 6.07) is 8.67. The van der Waals surface area contributed by atoms with Gasteiger partial charge in [0, 0.05) is 24.3 Å².